The Labute approximate surface area is 150 Å². The van der Waals surface area contributed by atoms with Crippen LogP contribution >= 0.6 is 0 Å². The van der Waals surface area contributed by atoms with Crippen LogP contribution in [-0.2, 0) is 12.6 Å². The Balaban J connectivity index is 1.99. The second-order valence-electron chi connectivity index (χ2n) is 7.29. The Morgan fingerprint density at radius 2 is 1.64 bits per heavy atom. The summed E-state index contributed by atoms with van der Waals surface area (Å²) in [5.41, 5.74) is 6.07. The second kappa shape index (κ2) is 6.40. The van der Waals surface area contributed by atoms with Gasteiger partial charge in [-0.05, 0) is 50.5 Å². The summed E-state index contributed by atoms with van der Waals surface area (Å²) in [5, 5.41) is 0. The van der Waals surface area contributed by atoms with Gasteiger partial charge in [0.2, 0.25) is 5.95 Å². The highest BCUT2D eigenvalue weighted by Crippen LogP contribution is 2.32. The zero-order valence-electron chi connectivity index (χ0n) is 16.0. The van der Waals surface area contributed by atoms with Crippen LogP contribution in [0.2, 0.25) is 0 Å². The van der Waals surface area contributed by atoms with Crippen LogP contribution in [0.25, 0.3) is 11.3 Å². The van der Waals surface area contributed by atoms with E-state index in [-0.39, 0.29) is 5.54 Å². The van der Waals surface area contributed by atoms with Gasteiger partial charge < -0.3 is 9.47 Å². The number of benzene rings is 2. The van der Waals surface area contributed by atoms with E-state index in [2.05, 4.69) is 99.8 Å². The minimum atomic E-state index is -0.152. The molecule has 25 heavy (non-hydrogen) atoms. The first-order valence-corrected chi connectivity index (χ1v) is 8.71. The molecule has 0 unspecified atom stereocenters. The molecular weight excluding hydrogens is 306 g/mol. The lowest BCUT2D eigenvalue weighted by atomic mass is 9.93. The van der Waals surface area contributed by atoms with Crippen molar-refractivity contribution in [3.8, 4) is 11.3 Å². The van der Waals surface area contributed by atoms with Crippen LogP contribution < -0.4 is 4.90 Å². The fraction of sp³-hybridized carbons (Fsp3) is 0.318. The smallest absolute Gasteiger partial charge is 0.206 e. The lowest BCUT2D eigenvalue weighted by Crippen LogP contribution is -2.40. The first-order chi connectivity index (χ1) is 11.8. The van der Waals surface area contributed by atoms with Crippen molar-refractivity contribution >= 4 is 5.95 Å². The van der Waals surface area contributed by atoms with Crippen LogP contribution in [0.15, 0.2) is 54.7 Å². The van der Waals surface area contributed by atoms with Crippen LogP contribution in [0.3, 0.4) is 0 Å². The molecule has 0 fully saturated rings. The van der Waals surface area contributed by atoms with Gasteiger partial charge in [0.15, 0.2) is 0 Å². The molecule has 0 bridgehead atoms. The van der Waals surface area contributed by atoms with Gasteiger partial charge in [0.1, 0.15) is 0 Å². The van der Waals surface area contributed by atoms with E-state index in [1.54, 1.807) is 0 Å². The zero-order valence-corrected chi connectivity index (χ0v) is 16.0. The van der Waals surface area contributed by atoms with Gasteiger partial charge in [-0.2, -0.15) is 0 Å². The topological polar surface area (TPSA) is 21.1 Å². The van der Waals surface area contributed by atoms with Crippen molar-refractivity contribution < 1.29 is 0 Å². The molecule has 0 aliphatic rings. The minimum Gasteiger partial charge on any atom is -0.336 e. The first-order valence-electron chi connectivity index (χ1n) is 8.71. The fourth-order valence-corrected chi connectivity index (χ4v) is 3.17. The second-order valence-corrected chi connectivity index (χ2v) is 7.29. The molecule has 0 N–H and O–H groups in total. The van der Waals surface area contributed by atoms with Crippen LogP contribution in [0.5, 0.6) is 0 Å². The fourth-order valence-electron chi connectivity index (χ4n) is 3.17. The van der Waals surface area contributed by atoms with Crippen molar-refractivity contribution in [1.82, 2.24) is 9.55 Å². The van der Waals surface area contributed by atoms with Crippen LogP contribution in [0, 0.1) is 13.8 Å². The lowest BCUT2D eigenvalue weighted by molar-refractivity contribution is 0.499. The van der Waals surface area contributed by atoms with E-state index in [9.17, 15) is 0 Å². The number of hydrogen-bond acceptors (Lipinski definition) is 2. The van der Waals surface area contributed by atoms with Crippen molar-refractivity contribution in [2.45, 2.75) is 33.2 Å². The standard InChI is InChI=1S/C22H27N3/c1-16-12-13-18(14-17(16)2)20-15-23-21(24(20)5)25(6)22(3,4)19-10-8-7-9-11-19/h7-15H,1-6H3. The molecule has 1 heterocycles. The lowest BCUT2D eigenvalue weighted by Gasteiger charge is -2.37. The summed E-state index contributed by atoms with van der Waals surface area (Å²) in [4.78, 5) is 6.97. The molecule has 2 aromatic carbocycles. The van der Waals surface area contributed by atoms with Gasteiger partial charge in [-0.3, -0.25) is 0 Å². The minimum absolute atomic E-state index is 0.152. The highest BCUT2D eigenvalue weighted by atomic mass is 15.3. The molecule has 130 valence electrons. The molecule has 3 rings (SSSR count). The zero-order chi connectivity index (χ0) is 18.2. The number of aryl methyl sites for hydroxylation is 2. The third kappa shape index (κ3) is 3.07. The highest BCUT2D eigenvalue weighted by Gasteiger charge is 2.28. The molecule has 0 radical (unpaired) electrons. The van der Waals surface area contributed by atoms with Crippen LogP contribution in [0.1, 0.15) is 30.5 Å². The van der Waals surface area contributed by atoms with Crippen molar-refractivity contribution in [1.29, 1.82) is 0 Å². The quantitative estimate of drug-likeness (QED) is 0.664. The monoisotopic (exact) mass is 333 g/mol. The molecule has 0 saturated carbocycles. The van der Waals surface area contributed by atoms with Gasteiger partial charge in [-0.25, -0.2) is 4.98 Å². The summed E-state index contributed by atoms with van der Waals surface area (Å²) < 4.78 is 2.18. The van der Waals surface area contributed by atoms with Gasteiger partial charge in [-0.1, -0.05) is 42.5 Å². The van der Waals surface area contributed by atoms with Gasteiger partial charge >= 0.3 is 0 Å². The maximum Gasteiger partial charge on any atom is 0.206 e. The van der Waals surface area contributed by atoms with Crippen LogP contribution in [-0.4, -0.2) is 16.6 Å². The average Bonchev–Trinajstić information content (AvgIpc) is 2.99. The summed E-state index contributed by atoms with van der Waals surface area (Å²) >= 11 is 0. The summed E-state index contributed by atoms with van der Waals surface area (Å²) in [6.45, 7) is 8.75. The van der Waals surface area contributed by atoms with Crippen molar-refractivity contribution in [2.24, 2.45) is 7.05 Å². The van der Waals surface area contributed by atoms with Crippen molar-refractivity contribution in [2.75, 3.05) is 11.9 Å². The number of anilines is 1. The summed E-state index contributed by atoms with van der Waals surface area (Å²) in [5.74, 6) is 0.960. The van der Waals surface area contributed by atoms with E-state index in [4.69, 9.17) is 4.98 Å². The average molecular weight is 333 g/mol. The third-order valence-corrected chi connectivity index (χ3v) is 5.39. The Kier molecular flexibility index (Phi) is 4.42. The Morgan fingerprint density at radius 3 is 2.28 bits per heavy atom. The molecule has 1 aromatic heterocycles. The van der Waals surface area contributed by atoms with E-state index in [0.717, 1.165) is 11.6 Å². The largest absolute Gasteiger partial charge is 0.336 e. The molecule has 3 nitrogen and oxygen atoms in total. The third-order valence-electron chi connectivity index (χ3n) is 5.39. The van der Waals surface area contributed by atoms with Crippen LogP contribution in [0.4, 0.5) is 5.95 Å². The van der Waals surface area contributed by atoms with Crippen molar-refractivity contribution in [3.05, 3.63) is 71.4 Å². The number of rotatable bonds is 4. The molecule has 0 amide bonds. The number of imidazole rings is 1. The van der Waals surface area contributed by atoms with Crippen molar-refractivity contribution in [3.63, 3.8) is 0 Å². The highest BCUT2D eigenvalue weighted by molar-refractivity contribution is 5.63. The summed E-state index contributed by atoms with van der Waals surface area (Å²) in [7, 11) is 4.20. The normalized spacial score (nSPS) is 11.6. The molecule has 0 atom stereocenters. The summed E-state index contributed by atoms with van der Waals surface area (Å²) in [6, 6.07) is 17.2. The van der Waals surface area contributed by atoms with Gasteiger partial charge in [0.05, 0.1) is 17.4 Å². The molecular formula is C22H27N3. The Morgan fingerprint density at radius 1 is 0.960 bits per heavy atom. The molecule has 0 spiro atoms. The van der Waals surface area contributed by atoms with Gasteiger partial charge in [0.25, 0.3) is 0 Å². The number of nitrogens with zero attached hydrogens (tertiary/aromatic N) is 3. The molecule has 3 heteroatoms. The number of aromatic nitrogens is 2. The number of hydrogen-bond donors (Lipinski definition) is 0. The molecule has 0 aliphatic carbocycles. The van der Waals surface area contributed by atoms with E-state index in [1.807, 2.05) is 6.20 Å². The summed E-state index contributed by atoms with van der Waals surface area (Å²) in [6.07, 6.45) is 1.97. The van der Waals surface area contributed by atoms with E-state index >= 15 is 0 Å². The van der Waals surface area contributed by atoms with E-state index in [0.29, 0.717) is 0 Å². The van der Waals surface area contributed by atoms with Gasteiger partial charge in [0, 0.05) is 19.7 Å². The van der Waals surface area contributed by atoms with E-state index in [1.165, 1.54) is 22.3 Å². The maximum atomic E-state index is 4.72. The Hall–Kier alpha value is -2.55. The van der Waals surface area contributed by atoms with E-state index < -0.39 is 0 Å². The molecule has 3 aromatic rings. The van der Waals surface area contributed by atoms with Gasteiger partial charge in [-0.15, -0.1) is 0 Å². The molecule has 0 aliphatic heterocycles. The molecule has 0 saturated heterocycles. The first kappa shape index (κ1) is 17.3. The predicted octanol–water partition coefficient (Wildman–Crippen LogP) is 5.08. The SMILES string of the molecule is Cc1ccc(-c2cnc(N(C)C(C)(C)c3ccccc3)n2C)cc1C. The predicted molar refractivity (Wildman–Crippen MR) is 106 cm³/mol. The maximum absolute atomic E-state index is 4.72. The Bertz CT molecular complexity index is 876.